The molecule has 3 heterocycles. The highest BCUT2D eigenvalue weighted by atomic mass is 35.5. The van der Waals surface area contributed by atoms with Gasteiger partial charge >= 0.3 is 0 Å². The van der Waals surface area contributed by atoms with Crippen LogP contribution in [0.3, 0.4) is 0 Å². The number of carbonyl (C=O) groups excluding carboxylic acids is 1. The lowest BCUT2D eigenvalue weighted by Crippen LogP contribution is -2.52. The number of sulfone groups is 1. The van der Waals surface area contributed by atoms with E-state index in [-0.39, 0.29) is 23.5 Å². The predicted molar refractivity (Wildman–Crippen MR) is 107 cm³/mol. The van der Waals surface area contributed by atoms with E-state index in [0.717, 1.165) is 10.6 Å². The normalized spacial score (nSPS) is 22.9. The molecule has 4 rings (SSSR count). The lowest BCUT2D eigenvalue weighted by atomic mass is 10.2. The van der Waals surface area contributed by atoms with Crippen LogP contribution < -0.4 is 0 Å². The average Bonchev–Trinajstić information content (AvgIpc) is 3.29. The van der Waals surface area contributed by atoms with E-state index in [1.165, 1.54) is 11.3 Å². The van der Waals surface area contributed by atoms with Crippen molar-refractivity contribution in [1.29, 1.82) is 0 Å². The van der Waals surface area contributed by atoms with Crippen molar-refractivity contribution >= 4 is 38.7 Å². The summed E-state index contributed by atoms with van der Waals surface area (Å²) in [5, 5.41) is 3.26. The molecule has 9 heteroatoms. The second-order valence-electron chi connectivity index (χ2n) is 6.93. The number of thiazole rings is 1. The van der Waals surface area contributed by atoms with Gasteiger partial charge in [0.15, 0.2) is 9.84 Å². The zero-order valence-electron chi connectivity index (χ0n) is 14.7. The van der Waals surface area contributed by atoms with Gasteiger partial charge in [-0.3, -0.25) is 9.69 Å². The van der Waals surface area contributed by atoms with E-state index in [1.807, 2.05) is 24.3 Å². The van der Waals surface area contributed by atoms with Crippen molar-refractivity contribution in [2.24, 2.45) is 0 Å². The van der Waals surface area contributed by atoms with Gasteiger partial charge in [-0.25, -0.2) is 13.4 Å². The first-order chi connectivity index (χ1) is 12.9. The van der Waals surface area contributed by atoms with Crippen LogP contribution in [0.5, 0.6) is 0 Å². The molecule has 0 saturated carbocycles. The minimum absolute atomic E-state index is 0.0647. The van der Waals surface area contributed by atoms with Crippen LogP contribution in [-0.2, 0) is 9.84 Å². The Balaban J connectivity index is 1.38. The quantitative estimate of drug-likeness (QED) is 0.755. The summed E-state index contributed by atoms with van der Waals surface area (Å²) >= 11 is 7.36. The van der Waals surface area contributed by atoms with Crippen LogP contribution in [0.1, 0.15) is 16.9 Å². The molecule has 0 aliphatic carbocycles. The van der Waals surface area contributed by atoms with Crippen LogP contribution in [0.4, 0.5) is 0 Å². The summed E-state index contributed by atoms with van der Waals surface area (Å²) in [5.74, 6) is 0.464. The van der Waals surface area contributed by atoms with Crippen molar-refractivity contribution in [3.8, 4) is 10.6 Å². The monoisotopic (exact) mass is 425 g/mol. The zero-order valence-corrected chi connectivity index (χ0v) is 17.1. The van der Waals surface area contributed by atoms with E-state index in [1.54, 1.807) is 10.3 Å². The Kier molecular flexibility index (Phi) is 5.24. The number of aromatic nitrogens is 1. The molecule has 2 aromatic rings. The van der Waals surface area contributed by atoms with Crippen molar-refractivity contribution in [1.82, 2.24) is 14.8 Å². The summed E-state index contributed by atoms with van der Waals surface area (Å²) in [6.07, 6.45) is 0.701. The number of hydrogen-bond donors (Lipinski definition) is 0. The topological polar surface area (TPSA) is 70.6 Å². The van der Waals surface area contributed by atoms with Gasteiger partial charge in [-0.1, -0.05) is 23.7 Å². The van der Waals surface area contributed by atoms with Gasteiger partial charge < -0.3 is 4.90 Å². The van der Waals surface area contributed by atoms with Gasteiger partial charge in [-0.2, -0.15) is 0 Å². The SMILES string of the molecule is O=C(c1csc(-c2ccc(Cl)cc2)n1)N1CCN(C2CCS(=O)(=O)C2)CC1. The van der Waals surface area contributed by atoms with Gasteiger partial charge in [0, 0.05) is 48.2 Å². The number of piperazine rings is 1. The molecule has 6 nitrogen and oxygen atoms in total. The molecule has 1 aromatic heterocycles. The molecule has 1 atom stereocenters. The Bertz CT molecular complexity index is 935. The lowest BCUT2D eigenvalue weighted by molar-refractivity contribution is 0.0583. The first-order valence-corrected chi connectivity index (χ1v) is 11.9. The van der Waals surface area contributed by atoms with E-state index >= 15 is 0 Å². The number of amides is 1. The van der Waals surface area contributed by atoms with Crippen molar-refractivity contribution in [3.63, 3.8) is 0 Å². The van der Waals surface area contributed by atoms with Crippen LogP contribution in [-0.4, -0.2) is 72.8 Å². The van der Waals surface area contributed by atoms with Gasteiger partial charge in [0.05, 0.1) is 11.5 Å². The third-order valence-electron chi connectivity index (χ3n) is 5.14. The van der Waals surface area contributed by atoms with Gasteiger partial charge in [0.25, 0.3) is 5.91 Å². The molecule has 1 unspecified atom stereocenters. The van der Waals surface area contributed by atoms with Crippen LogP contribution in [0.15, 0.2) is 29.6 Å². The van der Waals surface area contributed by atoms with Crippen LogP contribution in [0.25, 0.3) is 10.6 Å². The summed E-state index contributed by atoms with van der Waals surface area (Å²) in [6, 6.07) is 7.50. The van der Waals surface area contributed by atoms with Crippen molar-refractivity contribution < 1.29 is 13.2 Å². The largest absolute Gasteiger partial charge is 0.335 e. The molecule has 144 valence electrons. The first-order valence-electron chi connectivity index (χ1n) is 8.86. The summed E-state index contributed by atoms with van der Waals surface area (Å²) in [7, 11) is -2.88. The van der Waals surface area contributed by atoms with Gasteiger partial charge in [0.2, 0.25) is 0 Å². The van der Waals surface area contributed by atoms with Crippen LogP contribution in [0, 0.1) is 0 Å². The fourth-order valence-electron chi connectivity index (χ4n) is 3.61. The number of hydrogen-bond acceptors (Lipinski definition) is 6. The second kappa shape index (κ2) is 7.50. The third-order valence-corrected chi connectivity index (χ3v) is 8.03. The molecular weight excluding hydrogens is 406 g/mol. The van der Waals surface area contributed by atoms with Gasteiger partial charge in [-0.05, 0) is 18.6 Å². The second-order valence-corrected chi connectivity index (χ2v) is 10.5. The smallest absolute Gasteiger partial charge is 0.273 e. The molecule has 2 saturated heterocycles. The number of halogens is 1. The highest BCUT2D eigenvalue weighted by Crippen LogP contribution is 2.26. The van der Waals surface area contributed by atoms with Crippen molar-refractivity contribution in [2.75, 3.05) is 37.7 Å². The van der Waals surface area contributed by atoms with Gasteiger partial charge in [0.1, 0.15) is 10.7 Å². The Morgan fingerprint density at radius 3 is 2.48 bits per heavy atom. The third kappa shape index (κ3) is 4.18. The van der Waals surface area contributed by atoms with E-state index in [0.29, 0.717) is 43.3 Å². The average molecular weight is 426 g/mol. The maximum Gasteiger partial charge on any atom is 0.273 e. The van der Waals surface area contributed by atoms with Gasteiger partial charge in [-0.15, -0.1) is 11.3 Å². The summed E-state index contributed by atoms with van der Waals surface area (Å²) < 4.78 is 23.3. The maximum absolute atomic E-state index is 12.8. The summed E-state index contributed by atoms with van der Waals surface area (Å²) in [5.41, 5.74) is 1.40. The van der Waals surface area contributed by atoms with Crippen LogP contribution >= 0.6 is 22.9 Å². The highest BCUT2D eigenvalue weighted by molar-refractivity contribution is 7.91. The van der Waals surface area contributed by atoms with E-state index in [9.17, 15) is 13.2 Å². The standard InChI is InChI=1S/C18H20ClN3O3S2/c19-14-3-1-13(2-4-14)17-20-16(11-26-17)18(23)22-8-6-21(7-9-22)15-5-10-27(24,25)12-15/h1-4,11,15H,5-10,12H2. The molecule has 2 aliphatic rings. The minimum Gasteiger partial charge on any atom is -0.335 e. The Morgan fingerprint density at radius 2 is 1.85 bits per heavy atom. The molecule has 27 heavy (non-hydrogen) atoms. The minimum atomic E-state index is -2.88. The summed E-state index contributed by atoms with van der Waals surface area (Å²) in [4.78, 5) is 21.3. The Morgan fingerprint density at radius 1 is 1.15 bits per heavy atom. The number of benzene rings is 1. The number of carbonyl (C=O) groups is 1. The molecule has 0 bridgehead atoms. The Hall–Kier alpha value is -1.48. The molecule has 2 fully saturated rings. The van der Waals surface area contributed by atoms with Crippen LogP contribution in [0.2, 0.25) is 5.02 Å². The number of rotatable bonds is 3. The van der Waals surface area contributed by atoms with Crippen molar-refractivity contribution in [3.05, 3.63) is 40.4 Å². The molecule has 0 spiro atoms. The lowest BCUT2D eigenvalue weighted by Gasteiger charge is -2.37. The molecule has 0 N–H and O–H groups in total. The van der Waals surface area contributed by atoms with E-state index in [4.69, 9.17) is 11.6 Å². The molecule has 1 aromatic carbocycles. The molecular formula is C18H20ClN3O3S2. The Labute approximate surface area is 167 Å². The van der Waals surface area contributed by atoms with Crippen molar-refractivity contribution in [2.45, 2.75) is 12.5 Å². The fourth-order valence-corrected chi connectivity index (χ4v) is 6.30. The van der Waals surface area contributed by atoms with E-state index < -0.39 is 9.84 Å². The molecule has 1 amide bonds. The zero-order chi connectivity index (χ0) is 19.0. The highest BCUT2D eigenvalue weighted by Gasteiger charge is 2.34. The van der Waals surface area contributed by atoms with E-state index in [2.05, 4.69) is 9.88 Å². The molecule has 2 aliphatic heterocycles. The fraction of sp³-hybridized carbons (Fsp3) is 0.444. The molecule has 0 radical (unpaired) electrons. The summed E-state index contributed by atoms with van der Waals surface area (Å²) in [6.45, 7) is 2.62. The first kappa shape index (κ1) is 18.9. The predicted octanol–water partition coefficient (Wildman–Crippen LogP) is 2.41. The number of nitrogens with zero attached hydrogens (tertiary/aromatic N) is 3. The maximum atomic E-state index is 12.8.